The van der Waals surface area contributed by atoms with Crippen molar-refractivity contribution in [2.75, 3.05) is 0 Å². The number of benzene rings is 2. The Morgan fingerprint density at radius 1 is 1.00 bits per heavy atom. The van der Waals surface area contributed by atoms with Gasteiger partial charge in [-0.15, -0.1) is 0 Å². The van der Waals surface area contributed by atoms with E-state index in [9.17, 15) is 0 Å². The number of fused-ring (bicyclic) bond motifs is 1. The molecule has 0 aliphatic rings. The van der Waals surface area contributed by atoms with Gasteiger partial charge in [0.2, 0.25) is 0 Å². The summed E-state index contributed by atoms with van der Waals surface area (Å²) in [6.07, 6.45) is 2.01. The number of nitrogens with one attached hydrogen (secondary N) is 1. The molecule has 2 aromatic carbocycles. The lowest BCUT2D eigenvalue weighted by molar-refractivity contribution is 0.879. The predicted molar refractivity (Wildman–Crippen MR) is 75.5 cm³/mol. The summed E-state index contributed by atoms with van der Waals surface area (Å²) in [5.41, 5.74) is 11.0. The Labute approximate surface area is 106 Å². The van der Waals surface area contributed by atoms with Gasteiger partial charge in [-0.2, -0.15) is 0 Å². The van der Waals surface area contributed by atoms with Crippen LogP contribution in [0.4, 0.5) is 0 Å². The molecule has 0 radical (unpaired) electrons. The van der Waals surface area contributed by atoms with E-state index in [0.29, 0.717) is 0 Å². The highest BCUT2D eigenvalue weighted by atomic mass is 14.7. The molecule has 18 heavy (non-hydrogen) atoms. The molecule has 0 saturated carbocycles. The average Bonchev–Trinajstić information content (AvgIpc) is 2.82. The molecular formula is C16H16N2. The molecule has 1 heterocycles. The Kier molecular flexibility index (Phi) is 2.65. The van der Waals surface area contributed by atoms with Crippen LogP contribution in [-0.2, 0) is 0 Å². The summed E-state index contributed by atoms with van der Waals surface area (Å²) < 4.78 is 0. The summed E-state index contributed by atoms with van der Waals surface area (Å²) in [7, 11) is 0. The fraction of sp³-hybridized carbons (Fsp3) is 0.125. The first-order chi connectivity index (χ1) is 8.75. The summed E-state index contributed by atoms with van der Waals surface area (Å²) >= 11 is 0. The van der Waals surface area contributed by atoms with Gasteiger partial charge in [0.1, 0.15) is 0 Å². The maximum atomic E-state index is 6.36. The quantitative estimate of drug-likeness (QED) is 0.702. The number of para-hydroxylation sites is 1. The number of nitrogens with two attached hydrogens (primary N) is 1. The number of hydrogen-bond acceptors (Lipinski definition) is 1. The van der Waals surface area contributed by atoms with E-state index >= 15 is 0 Å². The van der Waals surface area contributed by atoms with Crippen molar-refractivity contribution in [3.05, 3.63) is 71.4 Å². The van der Waals surface area contributed by atoms with Crippen LogP contribution in [0.2, 0.25) is 0 Å². The molecule has 3 rings (SSSR count). The Morgan fingerprint density at radius 2 is 1.72 bits per heavy atom. The van der Waals surface area contributed by atoms with Crippen molar-refractivity contribution in [3.63, 3.8) is 0 Å². The van der Waals surface area contributed by atoms with Gasteiger partial charge in [-0.3, -0.25) is 0 Å². The van der Waals surface area contributed by atoms with E-state index in [1.165, 1.54) is 10.9 Å². The molecule has 0 bridgehead atoms. The molecule has 3 N–H and O–H groups in total. The molecule has 1 aromatic heterocycles. The average molecular weight is 236 g/mol. The van der Waals surface area contributed by atoms with Crippen molar-refractivity contribution in [1.29, 1.82) is 0 Å². The molecule has 0 aliphatic carbocycles. The molecule has 2 heteroatoms. The van der Waals surface area contributed by atoms with Crippen LogP contribution >= 0.6 is 0 Å². The SMILES string of the molecule is Cc1ccc(C(N)c2c[nH]c3ccccc23)cc1. The summed E-state index contributed by atoms with van der Waals surface area (Å²) in [5, 5.41) is 1.20. The highest BCUT2D eigenvalue weighted by Crippen LogP contribution is 2.27. The van der Waals surface area contributed by atoms with Crippen LogP contribution in [0.3, 0.4) is 0 Å². The topological polar surface area (TPSA) is 41.8 Å². The van der Waals surface area contributed by atoms with Crippen LogP contribution in [0.5, 0.6) is 0 Å². The second kappa shape index (κ2) is 4.31. The van der Waals surface area contributed by atoms with Crippen molar-refractivity contribution in [2.45, 2.75) is 13.0 Å². The Balaban J connectivity index is 2.06. The third-order valence-corrected chi connectivity index (χ3v) is 3.39. The molecule has 1 unspecified atom stereocenters. The number of aryl methyl sites for hydroxylation is 1. The minimum atomic E-state index is -0.0817. The second-order valence-electron chi connectivity index (χ2n) is 4.68. The fourth-order valence-corrected chi connectivity index (χ4v) is 2.30. The number of rotatable bonds is 2. The van der Waals surface area contributed by atoms with Crippen molar-refractivity contribution < 1.29 is 0 Å². The number of aromatic amines is 1. The summed E-state index contributed by atoms with van der Waals surface area (Å²) in [5.74, 6) is 0. The zero-order valence-electron chi connectivity index (χ0n) is 10.4. The minimum absolute atomic E-state index is 0.0817. The van der Waals surface area contributed by atoms with Gasteiger partial charge in [-0.1, -0.05) is 48.0 Å². The van der Waals surface area contributed by atoms with Crippen LogP contribution in [-0.4, -0.2) is 4.98 Å². The Bertz CT molecular complexity index is 665. The van der Waals surface area contributed by atoms with Crippen molar-refractivity contribution >= 4 is 10.9 Å². The lowest BCUT2D eigenvalue weighted by Gasteiger charge is -2.11. The lowest BCUT2D eigenvalue weighted by Crippen LogP contribution is -2.11. The summed E-state index contributed by atoms with van der Waals surface area (Å²) in [6.45, 7) is 2.08. The number of H-pyrrole nitrogens is 1. The van der Waals surface area contributed by atoms with E-state index in [2.05, 4.69) is 48.3 Å². The fourth-order valence-electron chi connectivity index (χ4n) is 2.30. The molecule has 0 spiro atoms. The Morgan fingerprint density at radius 3 is 2.50 bits per heavy atom. The number of hydrogen-bond donors (Lipinski definition) is 2. The monoisotopic (exact) mass is 236 g/mol. The molecule has 2 nitrogen and oxygen atoms in total. The van der Waals surface area contributed by atoms with Gasteiger partial charge < -0.3 is 10.7 Å². The van der Waals surface area contributed by atoms with E-state index in [1.807, 2.05) is 18.3 Å². The maximum absolute atomic E-state index is 6.36. The number of aromatic nitrogens is 1. The Hall–Kier alpha value is -2.06. The van der Waals surface area contributed by atoms with Crippen molar-refractivity contribution in [1.82, 2.24) is 4.98 Å². The smallest absolute Gasteiger partial charge is 0.0572 e. The normalized spacial score (nSPS) is 12.8. The van der Waals surface area contributed by atoms with E-state index in [-0.39, 0.29) is 6.04 Å². The standard InChI is InChI=1S/C16H16N2/c1-11-6-8-12(9-7-11)16(17)14-10-18-15-5-3-2-4-13(14)15/h2-10,16,18H,17H2,1H3. The van der Waals surface area contributed by atoms with Gasteiger partial charge in [-0.05, 0) is 24.1 Å². The summed E-state index contributed by atoms with van der Waals surface area (Å²) in [4.78, 5) is 3.27. The first-order valence-corrected chi connectivity index (χ1v) is 6.14. The van der Waals surface area contributed by atoms with Gasteiger partial charge in [-0.25, -0.2) is 0 Å². The highest BCUT2D eigenvalue weighted by molar-refractivity contribution is 5.84. The summed E-state index contributed by atoms with van der Waals surface area (Å²) in [6, 6.07) is 16.6. The van der Waals surface area contributed by atoms with Gasteiger partial charge in [0.05, 0.1) is 6.04 Å². The first kappa shape index (κ1) is 11.1. The van der Waals surface area contributed by atoms with E-state index in [0.717, 1.165) is 16.6 Å². The molecule has 90 valence electrons. The highest BCUT2D eigenvalue weighted by Gasteiger charge is 2.12. The molecular weight excluding hydrogens is 220 g/mol. The van der Waals surface area contributed by atoms with Gasteiger partial charge in [0.15, 0.2) is 0 Å². The van der Waals surface area contributed by atoms with Gasteiger partial charge in [0.25, 0.3) is 0 Å². The molecule has 3 aromatic rings. The molecule has 0 saturated heterocycles. The van der Waals surface area contributed by atoms with Crippen LogP contribution in [0.1, 0.15) is 22.7 Å². The zero-order chi connectivity index (χ0) is 12.5. The maximum Gasteiger partial charge on any atom is 0.0572 e. The van der Waals surface area contributed by atoms with E-state index < -0.39 is 0 Å². The third-order valence-electron chi connectivity index (χ3n) is 3.39. The van der Waals surface area contributed by atoms with Crippen LogP contribution in [0.25, 0.3) is 10.9 Å². The molecule has 0 aliphatic heterocycles. The minimum Gasteiger partial charge on any atom is -0.361 e. The van der Waals surface area contributed by atoms with Gasteiger partial charge in [0, 0.05) is 17.1 Å². The van der Waals surface area contributed by atoms with Crippen LogP contribution in [0.15, 0.2) is 54.7 Å². The first-order valence-electron chi connectivity index (χ1n) is 6.14. The third kappa shape index (κ3) is 1.81. The van der Waals surface area contributed by atoms with Gasteiger partial charge >= 0.3 is 0 Å². The predicted octanol–water partition coefficient (Wildman–Crippen LogP) is 3.52. The molecule has 0 amide bonds. The van der Waals surface area contributed by atoms with E-state index in [1.54, 1.807) is 0 Å². The largest absolute Gasteiger partial charge is 0.361 e. The van der Waals surface area contributed by atoms with Crippen molar-refractivity contribution in [2.24, 2.45) is 5.73 Å². The molecule has 0 fully saturated rings. The van der Waals surface area contributed by atoms with E-state index in [4.69, 9.17) is 5.73 Å². The zero-order valence-corrected chi connectivity index (χ0v) is 10.4. The van der Waals surface area contributed by atoms with Crippen LogP contribution < -0.4 is 5.73 Å². The molecule has 1 atom stereocenters. The van der Waals surface area contributed by atoms with Crippen molar-refractivity contribution in [3.8, 4) is 0 Å². The second-order valence-corrected chi connectivity index (χ2v) is 4.68. The van der Waals surface area contributed by atoms with Crippen LogP contribution in [0, 0.1) is 6.92 Å². The lowest BCUT2D eigenvalue weighted by atomic mass is 9.98.